The smallest absolute Gasteiger partial charge is 0.335 e. The molecule has 1 atom stereocenters. The zero-order valence-corrected chi connectivity index (χ0v) is 10.5. The van der Waals surface area contributed by atoms with Crippen molar-refractivity contribution in [1.82, 2.24) is 0 Å². The first-order chi connectivity index (χ1) is 7.95. The lowest BCUT2D eigenvalue weighted by atomic mass is 10.1. The van der Waals surface area contributed by atoms with Crippen LogP contribution in [0.3, 0.4) is 0 Å². The van der Waals surface area contributed by atoms with Gasteiger partial charge < -0.3 is 10.2 Å². The number of rotatable bonds is 5. The Kier molecular flexibility index (Phi) is 4.57. The summed E-state index contributed by atoms with van der Waals surface area (Å²) in [5.74, 6) is -1.88. The van der Waals surface area contributed by atoms with Gasteiger partial charge in [0.05, 0.1) is 5.56 Å². The Bertz CT molecular complexity index is 442. The van der Waals surface area contributed by atoms with Crippen LogP contribution < -0.4 is 0 Å². The van der Waals surface area contributed by atoms with E-state index in [1.54, 1.807) is 13.0 Å². The van der Waals surface area contributed by atoms with Crippen LogP contribution in [-0.4, -0.2) is 27.4 Å². The van der Waals surface area contributed by atoms with Gasteiger partial charge in [0.25, 0.3) is 0 Å². The molecule has 0 amide bonds. The normalized spacial score (nSPS) is 12.1. The number of aliphatic carboxylic acids is 1. The Hall–Kier alpha value is -1.49. The molecule has 5 heteroatoms. The molecule has 0 aliphatic carbocycles. The molecular weight excluding hydrogens is 240 g/mol. The highest BCUT2D eigenvalue weighted by Gasteiger charge is 2.18. The molecule has 1 unspecified atom stereocenters. The van der Waals surface area contributed by atoms with Gasteiger partial charge in [-0.3, -0.25) is 4.79 Å². The van der Waals surface area contributed by atoms with E-state index in [1.165, 1.54) is 23.9 Å². The monoisotopic (exact) mass is 254 g/mol. The van der Waals surface area contributed by atoms with Crippen LogP contribution in [0.5, 0.6) is 0 Å². The number of aryl methyl sites for hydroxylation is 1. The van der Waals surface area contributed by atoms with E-state index < -0.39 is 17.2 Å². The summed E-state index contributed by atoms with van der Waals surface area (Å²) in [6.07, 6.45) is 0.497. The highest BCUT2D eigenvalue weighted by atomic mass is 32.2. The van der Waals surface area contributed by atoms with Gasteiger partial charge in [-0.1, -0.05) is 13.0 Å². The third-order valence-corrected chi connectivity index (χ3v) is 3.86. The molecule has 0 aliphatic rings. The van der Waals surface area contributed by atoms with Crippen LogP contribution >= 0.6 is 11.8 Å². The van der Waals surface area contributed by atoms with E-state index in [4.69, 9.17) is 10.2 Å². The van der Waals surface area contributed by atoms with Gasteiger partial charge in [0, 0.05) is 4.90 Å². The van der Waals surface area contributed by atoms with E-state index in [-0.39, 0.29) is 5.56 Å². The van der Waals surface area contributed by atoms with E-state index in [9.17, 15) is 9.59 Å². The van der Waals surface area contributed by atoms with Crippen molar-refractivity contribution in [2.24, 2.45) is 0 Å². The minimum Gasteiger partial charge on any atom is -0.480 e. The molecule has 0 fully saturated rings. The van der Waals surface area contributed by atoms with Crippen LogP contribution in [0.1, 0.15) is 29.3 Å². The predicted molar refractivity (Wildman–Crippen MR) is 65.7 cm³/mol. The summed E-state index contributed by atoms with van der Waals surface area (Å²) in [4.78, 5) is 22.5. The lowest BCUT2D eigenvalue weighted by Crippen LogP contribution is -2.15. The quantitative estimate of drug-likeness (QED) is 0.790. The van der Waals surface area contributed by atoms with Crippen LogP contribution in [0.2, 0.25) is 0 Å². The molecule has 4 nitrogen and oxygen atoms in total. The standard InChI is InChI=1S/C12H14O4S/c1-3-9(12(15)16)17-10-6-8(11(13)14)5-4-7(10)2/h4-6,9H,3H2,1-2H3,(H,13,14)(H,15,16). The molecular formula is C12H14O4S. The molecule has 0 bridgehead atoms. The molecule has 1 aromatic carbocycles. The van der Waals surface area contributed by atoms with Crippen molar-refractivity contribution in [2.75, 3.05) is 0 Å². The third-order valence-electron chi connectivity index (χ3n) is 2.35. The Labute approximate surface area is 104 Å². The first-order valence-corrected chi connectivity index (χ1v) is 6.07. The lowest BCUT2D eigenvalue weighted by Gasteiger charge is -2.12. The number of aromatic carboxylic acids is 1. The van der Waals surface area contributed by atoms with E-state index in [2.05, 4.69) is 0 Å². The van der Waals surface area contributed by atoms with Crippen LogP contribution in [0.15, 0.2) is 23.1 Å². The molecule has 2 N–H and O–H groups in total. The summed E-state index contributed by atoms with van der Waals surface area (Å²) in [5, 5.41) is 17.3. The second-order valence-electron chi connectivity index (χ2n) is 3.64. The molecule has 17 heavy (non-hydrogen) atoms. The minimum absolute atomic E-state index is 0.179. The molecule has 0 saturated carbocycles. The number of carbonyl (C=O) groups is 2. The maximum atomic E-state index is 10.9. The average molecular weight is 254 g/mol. The highest BCUT2D eigenvalue weighted by Crippen LogP contribution is 2.29. The van der Waals surface area contributed by atoms with Gasteiger partial charge in [0.1, 0.15) is 5.25 Å². The Balaban J connectivity index is 3.00. The van der Waals surface area contributed by atoms with Crippen LogP contribution in [0.25, 0.3) is 0 Å². The first kappa shape index (κ1) is 13.6. The highest BCUT2D eigenvalue weighted by molar-refractivity contribution is 8.00. The van der Waals surface area contributed by atoms with Gasteiger partial charge in [-0.2, -0.15) is 0 Å². The van der Waals surface area contributed by atoms with Crippen LogP contribution in [0.4, 0.5) is 0 Å². The fourth-order valence-electron chi connectivity index (χ4n) is 1.32. The van der Waals surface area contributed by atoms with Crippen molar-refractivity contribution in [1.29, 1.82) is 0 Å². The fourth-order valence-corrected chi connectivity index (χ4v) is 2.34. The molecule has 0 radical (unpaired) electrons. The Morgan fingerprint density at radius 1 is 1.35 bits per heavy atom. The topological polar surface area (TPSA) is 74.6 Å². The molecule has 1 aromatic rings. The second-order valence-corrected chi connectivity index (χ2v) is 4.88. The number of carboxylic acids is 2. The predicted octanol–water partition coefficient (Wildman–Crippen LogP) is 2.65. The molecule has 1 rings (SSSR count). The van der Waals surface area contributed by atoms with Crippen LogP contribution in [-0.2, 0) is 4.79 Å². The van der Waals surface area contributed by atoms with Crippen molar-refractivity contribution in [3.63, 3.8) is 0 Å². The first-order valence-electron chi connectivity index (χ1n) is 5.19. The number of hydrogen-bond donors (Lipinski definition) is 2. The lowest BCUT2D eigenvalue weighted by molar-refractivity contribution is -0.136. The number of benzene rings is 1. The molecule has 0 aromatic heterocycles. The van der Waals surface area contributed by atoms with Crippen molar-refractivity contribution < 1.29 is 19.8 Å². The number of thioether (sulfide) groups is 1. The summed E-state index contributed by atoms with van der Waals surface area (Å²) in [6, 6.07) is 4.73. The summed E-state index contributed by atoms with van der Waals surface area (Å²) >= 11 is 1.19. The fraction of sp³-hybridized carbons (Fsp3) is 0.333. The number of hydrogen-bond acceptors (Lipinski definition) is 3. The maximum absolute atomic E-state index is 10.9. The Morgan fingerprint density at radius 2 is 2.00 bits per heavy atom. The Morgan fingerprint density at radius 3 is 2.47 bits per heavy atom. The summed E-state index contributed by atoms with van der Waals surface area (Å²) in [5.41, 5.74) is 1.07. The summed E-state index contributed by atoms with van der Waals surface area (Å²) in [7, 11) is 0. The van der Waals surface area contributed by atoms with Crippen molar-refractivity contribution in [3.05, 3.63) is 29.3 Å². The summed E-state index contributed by atoms with van der Waals surface area (Å²) < 4.78 is 0. The van der Waals surface area contributed by atoms with E-state index >= 15 is 0 Å². The van der Waals surface area contributed by atoms with E-state index in [1.807, 2.05) is 6.92 Å². The number of carboxylic acid groups (broad SMARTS) is 2. The largest absolute Gasteiger partial charge is 0.480 e. The van der Waals surface area contributed by atoms with Crippen molar-refractivity contribution in [2.45, 2.75) is 30.4 Å². The maximum Gasteiger partial charge on any atom is 0.335 e. The zero-order valence-electron chi connectivity index (χ0n) is 9.64. The minimum atomic E-state index is -1.00. The van der Waals surface area contributed by atoms with Gasteiger partial charge >= 0.3 is 11.9 Å². The third kappa shape index (κ3) is 3.49. The molecule has 0 aliphatic heterocycles. The zero-order chi connectivity index (χ0) is 13.0. The molecule has 0 spiro atoms. The van der Waals surface area contributed by atoms with Gasteiger partial charge in [-0.25, -0.2) is 4.79 Å². The van der Waals surface area contributed by atoms with Crippen LogP contribution in [0, 0.1) is 6.92 Å². The van der Waals surface area contributed by atoms with Gasteiger partial charge in [-0.05, 0) is 31.0 Å². The second kappa shape index (κ2) is 5.72. The molecule has 0 heterocycles. The average Bonchev–Trinajstić information content (AvgIpc) is 2.27. The van der Waals surface area contributed by atoms with Crippen molar-refractivity contribution >= 4 is 23.7 Å². The van der Waals surface area contributed by atoms with Crippen molar-refractivity contribution in [3.8, 4) is 0 Å². The van der Waals surface area contributed by atoms with Gasteiger partial charge in [0.2, 0.25) is 0 Å². The van der Waals surface area contributed by atoms with E-state index in [0.29, 0.717) is 11.3 Å². The SMILES string of the molecule is CCC(Sc1cc(C(=O)O)ccc1C)C(=O)O. The molecule has 0 saturated heterocycles. The van der Waals surface area contributed by atoms with Gasteiger partial charge in [0.15, 0.2) is 0 Å². The van der Waals surface area contributed by atoms with Gasteiger partial charge in [-0.15, -0.1) is 11.8 Å². The molecule has 92 valence electrons. The van der Waals surface area contributed by atoms with E-state index in [0.717, 1.165) is 5.56 Å². The summed E-state index contributed by atoms with van der Waals surface area (Å²) in [6.45, 7) is 3.63.